The summed E-state index contributed by atoms with van der Waals surface area (Å²) in [7, 11) is 0. The predicted octanol–water partition coefficient (Wildman–Crippen LogP) is 0.467. The minimum absolute atomic E-state index is 0.440. The summed E-state index contributed by atoms with van der Waals surface area (Å²) >= 11 is 5.29. The highest BCUT2D eigenvalue weighted by molar-refractivity contribution is 6.14. The molecule has 0 aliphatic carbocycles. The van der Waals surface area contributed by atoms with Crippen LogP contribution in [0, 0.1) is 0 Å². The molecule has 1 aromatic heterocycles. The quantitative estimate of drug-likeness (QED) is 0.537. The van der Waals surface area contributed by atoms with Gasteiger partial charge in [-0.3, -0.25) is 0 Å². The summed E-state index contributed by atoms with van der Waals surface area (Å²) in [6.45, 7) is 0. The number of halogens is 1. The van der Waals surface area contributed by atoms with Gasteiger partial charge in [-0.2, -0.15) is 4.20 Å². The summed E-state index contributed by atoms with van der Waals surface area (Å²) in [6, 6.07) is 1.62. The Bertz CT molecular complexity index is 142. The van der Waals surface area contributed by atoms with Crippen molar-refractivity contribution in [3.8, 4) is 0 Å². The fraction of sp³-hybridized carbons (Fsp3) is 0. The molecule has 1 aromatic rings. The number of nitrogens with zero attached hydrogens (tertiary/aromatic N) is 2. The van der Waals surface area contributed by atoms with Gasteiger partial charge in [0.1, 0.15) is 5.82 Å². The van der Waals surface area contributed by atoms with E-state index >= 15 is 0 Å². The Labute approximate surface area is 45.8 Å². The molecule has 2 N–H and O–H groups in total. The molecule has 0 amide bonds. The van der Waals surface area contributed by atoms with Crippen LogP contribution >= 0.6 is 11.8 Å². The molecule has 0 atom stereocenters. The molecule has 0 bridgehead atoms. The number of nitrogens with two attached hydrogens (primary N) is 1. The lowest BCUT2D eigenvalue weighted by atomic mass is 10.7. The molecule has 0 unspecified atom stereocenters. The summed E-state index contributed by atoms with van der Waals surface area (Å²) in [6.07, 6.45) is 1.57. The molecule has 0 spiro atoms. The van der Waals surface area contributed by atoms with Crippen LogP contribution in [0.25, 0.3) is 0 Å². The first-order valence-electron chi connectivity index (χ1n) is 1.76. The number of nitrogen functional groups attached to an aromatic ring is 1. The van der Waals surface area contributed by atoms with Gasteiger partial charge in [0.15, 0.2) is 0 Å². The van der Waals surface area contributed by atoms with Crippen molar-refractivity contribution in [2.45, 2.75) is 0 Å². The Morgan fingerprint density at radius 3 is 2.71 bits per heavy atom. The molecule has 1 heterocycles. The van der Waals surface area contributed by atoms with Gasteiger partial charge in [-0.15, -0.1) is 5.10 Å². The fourth-order valence-corrected chi connectivity index (χ4v) is 0.458. The SMILES string of the molecule is Nc1ccn(Cl)n1. The summed E-state index contributed by atoms with van der Waals surface area (Å²) in [5, 5.41) is 3.57. The molecule has 0 saturated carbocycles. The largest absolute Gasteiger partial charge is 0.382 e. The normalized spacial score (nSPS) is 9.29. The van der Waals surface area contributed by atoms with Crippen LogP contribution in [0.4, 0.5) is 5.82 Å². The molecule has 7 heavy (non-hydrogen) atoms. The third-order valence-corrected chi connectivity index (χ3v) is 0.768. The van der Waals surface area contributed by atoms with Crippen LogP contribution in [0.2, 0.25) is 0 Å². The molecule has 0 radical (unpaired) electrons. The lowest BCUT2D eigenvalue weighted by Crippen LogP contribution is -1.85. The second kappa shape index (κ2) is 1.42. The average molecular weight is 118 g/mol. The van der Waals surface area contributed by atoms with E-state index < -0.39 is 0 Å². The second-order valence-electron chi connectivity index (χ2n) is 1.13. The third-order valence-electron chi connectivity index (χ3n) is 0.579. The van der Waals surface area contributed by atoms with Crippen LogP contribution in [0.1, 0.15) is 0 Å². The Kier molecular flexibility index (Phi) is 0.906. The van der Waals surface area contributed by atoms with E-state index in [1.54, 1.807) is 12.3 Å². The van der Waals surface area contributed by atoms with Gasteiger partial charge in [0.05, 0.1) is 0 Å². The van der Waals surface area contributed by atoms with Gasteiger partial charge in [-0.05, 0) is 0 Å². The van der Waals surface area contributed by atoms with E-state index in [0.717, 1.165) is 4.20 Å². The Balaban J connectivity index is 3.04. The van der Waals surface area contributed by atoms with Gasteiger partial charge < -0.3 is 5.73 Å². The molecule has 4 heteroatoms. The van der Waals surface area contributed by atoms with Gasteiger partial charge in [-0.25, -0.2) is 0 Å². The minimum Gasteiger partial charge on any atom is -0.382 e. The third kappa shape index (κ3) is 0.838. The van der Waals surface area contributed by atoms with Crippen molar-refractivity contribution in [1.29, 1.82) is 0 Å². The first-order valence-corrected chi connectivity index (χ1v) is 2.10. The zero-order valence-corrected chi connectivity index (χ0v) is 4.26. The summed E-state index contributed by atoms with van der Waals surface area (Å²) < 4.78 is 1.13. The highest BCUT2D eigenvalue weighted by Crippen LogP contribution is 1.94. The van der Waals surface area contributed by atoms with Crippen LogP contribution in [0.3, 0.4) is 0 Å². The number of hydrogen-bond acceptors (Lipinski definition) is 2. The van der Waals surface area contributed by atoms with E-state index in [1.807, 2.05) is 0 Å². The Morgan fingerprint density at radius 1 is 1.86 bits per heavy atom. The van der Waals surface area contributed by atoms with Crippen molar-refractivity contribution < 1.29 is 0 Å². The van der Waals surface area contributed by atoms with Crippen molar-refractivity contribution in [2.75, 3.05) is 5.73 Å². The topological polar surface area (TPSA) is 43.8 Å². The highest BCUT2D eigenvalue weighted by atomic mass is 35.5. The smallest absolute Gasteiger partial charge is 0.146 e. The molecule has 0 aromatic carbocycles. The van der Waals surface area contributed by atoms with E-state index in [-0.39, 0.29) is 0 Å². The van der Waals surface area contributed by atoms with Crippen LogP contribution in [0.5, 0.6) is 0 Å². The van der Waals surface area contributed by atoms with Crippen LogP contribution in [-0.2, 0) is 0 Å². The van der Waals surface area contributed by atoms with Gasteiger partial charge in [0.2, 0.25) is 0 Å². The van der Waals surface area contributed by atoms with Gasteiger partial charge in [-0.1, -0.05) is 0 Å². The number of anilines is 1. The molecular weight excluding hydrogens is 114 g/mol. The van der Waals surface area contributed by atoms with Crippen molar-refractivity contribution in [2.24, 2.45) is 0 Å². The van der Waals surface area contributed by atoms with E-state index in [4.69, 9.17) is 17.5 Å². The van der Waals surface area contributed by atoms with Crippen LogP contribution in [0.15, 0.2) is 12.3 Å². The van der Waals surface area contributed by atoms with Crippen LogP contribution in [-0.4, -0.2) is 9.30 Å². The predicted molar refractivity (Wildman–Crippen MR) is 27.9 cm³/mol. The molecule has 0 saturated heterocycles. The van der Waals surface area contributed by atoms with E-state index in [0.29, 0.717) is 5.82 Å². The average Bonchev–Trinajstić information content (AvgIpc) is 1.87. The minimum atomic E-state index is 0.440. The van der Waals surface area contributed by atoms with Gasteiger partial charge in [0, 0.05) is 24.0 Å². The molecular formula is C3H4ClN3. The van der Waals surface area contributed by atoms with Crippen LogP contribution < -0.4 is 5.73 Å². The van der Waals surface area contributed by atoms with E-state index in [2.05, 4.69) is 5.10 Å². The van der Waals surface area contributed by atoms with E-state index in [9.17, 15) is 0 Å². The summed E-state index contributed by atoms with van der Waals surface area (Å²) in [4.78, 5) is 0. The number of rotatable bonds is 0. The van der Waals surface area contributed by atoms with Crippen molar-refractivity contribution in [3.05, 3.63) is 12.3 Å². The molecule has 0 fully saturated rings. The fourth-order valence-electron chi connectivity index (χ4n) is 0.315. The Morgan fingerprint density at radius 2 is 2.57 bits per heavy atom. The maximum atomic E-state index is 5.29. The van der Waals surface area contributed by atoms with Gasteiger partial charge in [0.25, 0.3) is 0 Å². The van der Waals surface area contributed by atoms with Gasteiger partial charge >= 0.3 is 0 Å². The molecule has 3 nitrogen and oxygen atoms in total. The lowest BCUT2D eigenvalue weighted by molar-refractivity contribution is 1.00. The highest BCUT2D eigenvalue weighted by Gasteiger charge is 1.84. The molecule has 38 valence electrons. The van der Waals surface area contributed by atoms with E-state index in [1.165, 1.54) is 0 Å². The number of aromatic nitrogens is 2. The zero-order valence-electron chi connectivity index (χ0n) is 3.50. The summed E-state index contributed by atoms with van der Waals surface area (Å²) in [5.74, 6) is 0.440. The standard InChI is InChI=1S/C3H4ClN3/c4-7-2-1-3(5)6-7/h1-2H,(H2,5,6). The maximum absolute atomic E-state index is 5.29. The second-order valence-corrected chi connectivity index (χ2v) is 1.48. The first-order chi connectivity index (χ1) is 3.29. The molecule has 1 rings (SSSR count). The maximum Gasteiger partial charge on any atom is 0.146 e. The zero-order chi connectivity index (χ0) is 5.28. The number of hydrogen-bond donors (Lipinski definition) is 1. The van der Waals surface area contributed by atoms with Crippen molar-refractivity contribution in [1.82, 2.24) is 9.30 Å². The molecule has 0 aliphatic rings. The van der Waals surface area contributed by atoms with Crippen molar-refractivity contribution in [3.63, 3.8) is 0 Å². The Hall–Kier alpha value is -0.700. The lowest BCUT2D eigenvalue weighted by Gasteiger charge is -1.75. The van der Waals surface area contributed by atoms with Crippen molar-refractivity contribution >= 4 is 17.6 Å². The molecule has 0 aliphatic heterocycles. The first kappa shape index (κ1) is 4.46. The summed E-state index contributed by atoms with van der Waals surface area (Å²) in [5.41, 5.74) is 5.16. The monoisotopic (exact) mass is 117 g/mol.